The van der Waals surface area contributed by atoms with Crippen molar-refractivity contribution in [1.29, 1.82) is 0 Å². The van der Waals surface area contributed by atoms with Crippen LogP contribution in [0.15, 0.2) is 40.9 Å². The molecule has 0 saturated heterocycles. The Labute approximate surface area is 106 Å². The van der Waals surface area contributed by atoms with E-state index in [0.29, 0.717) is 20.6 Å². The molecule has 0 aromatic heterocycles. The quantitative estimate of drug-likeness (QED) is 0.815. The maximum Gasteiger partial charge on any atom is 0.132 e. The lowest BCUT2D eigenvalue weighted by Gasteiger charge is -2.06. The van der Waals surface area contributed by atoms with Crippen molar-refractivity contribution in [3.8, 4) is 16.9 Å². The van der Waals surface area contributed by atoms with Gasteiger partial charge in [0.05, 0.1) is 0 Å². The van der Waals surface area contributed by atoms with Crippen LogP contribution in [0.3, 0.4) is 0 Å². The molecule has 0 aliphatic carbocycles. The Hall–Kier alpha value is -1.06. The molecule has 1 nitrogen and oxygen atoms in total. The third-order valence-electron chi connectivity index (χ3n) is 2.17. The number of phenols is 1. The average Bonchev–Trinajstić information content (AvgIpc) is 2.19. The van der Waals surface area contributed by atoms with E-state index in [1.165, 1.54) is 18.2 Å². The maximum atomic E-state index is 13.6. The molecule has 0 radical (unpaired) electrons. The van der Waals surface area contributed by atoms with Gasteiger partial charge in [0.25, 0.3) is 0 Å². The predicted molar refractivity (Wildman–Crippen MR) is 66.2 cm³/mol. The highest BCUT2D eigenvalue weighted by Crippen LogP contribution is 2.33. The Balaban J connectivity index is 2.59. The highest BCUT2D eigenvalue weighted by molar-refractivity contribution is 9.10. The molecule has 0 aliphatic heterocycles. The summed E-state index contributed by atoms with van der Waals surface area (Å²) in [5, 5.41) is 9.61. The SMILES string of the molecule is Oc1ccc(-c2ccc(Cl)cc2F)c(Br)c1. The van der Waals surface area contributed by atoms with Gasteiger partial charge in [0.2, 0.25) is 0 Å². The van der Waals surface area contributed by atoms with Crippen molar-refractivity contribution < 1.29 is 9.50 Å². The first-order valence-electron chi connectivity index (χ1n) is 4.52. The monoisotopic (exact) mass is 300 g/mol. The molecule has 16 heavy (non-hydrogen) atoms. The summed E-state index contributed by atoms with van der Waals surface area (Å²) < 4.78 is 14.3. The van der Waals surface area contributed by atoms with Gasteiger partial charge >= 0.3 is 0 Å². The second-order valence-corrected chi connectivity index (χ2v) is 4.58. The Morgan fingerprint density at radius 2 is 1.75 bits per heavy atom. The van der Waals surface area contributed by atoms with Crippen molar-refractivity contribution in [1.82, 2.24) is 0 Å². The summed E-state index contributed by atoms with van der Waals surface area (Å²) in [6.45, 7) is 0. The fourth-order valence-corrected chi connectivity index (χ4v) is 2.17. The molecule has 0 amide bonds. The lowest BCUT2D eigenvalue weighted by atomic mass is 10.1. The van der Waals surface area contributed by atoms with Crippen LogP contribution in [0.4, 0.5) is 4.39 Å². The fraction of sp³-hybridized carbons (Fsp3) is 0. The van der Waals surface area contributed by atoms with Crippen LogP contribution in [-0.2, 0) is 0 Å². The molecule has 0 aliphatic rings. The summed E-state index contributed by atoms with van der Waals surface area (Å²) in [6.07, 6.45) is 0. The van der Waals surface area contributed by atoms with Crippen LogP contribution >= 0.6 is 27.5 Å². The minimum absolute atomic E-state index is 0.130. The largest absolute Gasteiger partial charge is 0.508 e. The topological polar surface area (TPSA) is 20.2 Å². The Bertz CT molecular complexity index is 493. The third-order valence-corrected chi connectivity index (χ3v) is 3.07. The number of hydrogen-bond acceptors (Lipinski definition) is 1. The third kappa shape index (κ3) is 2.20. The molecule has 0 fully saturated rings. The van der Waals surface area contributed by atoms with E-state index >= 15 is 0 Å². The van der Waals surface area contributed by atoms with Crippen LogP contribution in [0, 0.1) is 5.82 Å². The first-order valence-corrected chi connectivity index (χ1v) is 5.69. The first kappa shape index (κ1) is 11.4. The van der Waals surface area contributed by atoms with E-state index in [-0.39, 0.29) is 11.6 Å². The van der Waals surface area contributed by atoms with Gasteiger partial charge < -0.3 is 5.11 Å². The van der Waals surface area contributed by atoms with E-state index in [2.05, 4.69) is 15.9 Å². The number of phenolic OH excluding ortho intramolecular Hbond substituents is 1. The summed E-state index contributed by atoms with van der Waals surface area (Å²) in [6, 6.07) is 9.16. The predicted octanol–water partition coefficient (Wildman–Crippen LogP) is 4.61. The van der Waals surface area contributed by atoms with E-state index < -0.39 is 0 Å². The highest BCUT2D eigenvalue weighted by atomic mass is 79.9. The van der Waals surface area contributed by atoms with Crippen LogP contribution < -0.4 is 0 Å². The lowest BCUT2D eigenvalue weighted by Crippen LogP contribution is -1.85. The molecule has 1 N–H and O–H groups in total. The summed E-state index contributed by atoms with van der Waals surface area (Å²) in [5.41, 5.74) is 1.11. The van der Waals surface area contributed by atoms with Crippen molar-refractivity contribution in [3.05, 3.63) is 51.7 Å². The molecular formula is C12H7BrClFO. The molecule has 0 saturated carbocycles. The van der Waals surface area contributed by atoms with Crippen LogP contribution in [0.25, 0.3) is 11.1 Å². The van der Waals surface area contributed by atoms with Crippen LogP contribution in [0.1, 0.15) is 0 Å². The molecule has 0 atom stereocenters. The number of halogens is 3. The van der Waals surface area contributed by atoms with Crippen molar-refractivity contribution in [2.45, 2.75) is 0 Å². The first-order chi connectivity index (χ1) is 7.58. The molecule has 0 unspecified atom stereocenters. The number of aromatic hydroxyl groups is 1. The van der Waals surface area contributed by atoms with Gasteiger partial charge in [-0.2, -0.15) is 0 Å². The molecule has 0 heterocycles. The summed E-state index contributed by atoms with van der Waals surface area (Å²) >= 11 is 8.95. The Morgan fingerprint density at radius 1 is 1.06 bits per heavy atom. The van der Waals surface area contributed by atoms with Gasteiger partial charge in [-0.15, -0.1) is 0 Å². The zero-order valence-corrected chi connectivity index (χ0v) is 10.4. The molecule has 4 heteroatoms. The van der Waals surface area contributed by atoms with Crippen molar-refractivity contribution in [2.24, 2.45) is 0 Å². The molecule has 2 aromatic carbocycles. The fourth-order valence-electron chi connectivity index (χ4n) is 1.43. The van der Waals surface area contributed by atoms with E-state index in [1.54, 1.807) is 18.2 Å². The number of rotatable bonds is 1. The standard InChI is InChI=1S/C12H7BrClFO/c13-11-6-8(16)2-4-9(11)10-3-1-7(14)5-12(10)15/h1-6,16H. The van der Waals surface area contributed by atoms with Crippen LogP contribution in [0.5, 0.6) is 5.75 Å². The van der Waals surface area contributed by atoms with Gasteiger partial charge in [-0.25, -0.2) is 4.39 Å². The molecule has 2 rings (SSSR count). The van der Waals surface area contributed by atoms with E-state index in [0.717, 1.165) is 0 Å². The van der Waals surface area contributed by atoms with Gasteiger partial charge in [0.1, 0.15) is 11.6 Å². The van der Waals surface area contributed by atoms with Crippen molar-refractivity contribution in [3.63, 3.8) is 0 Å². The van der Waals surface area contributed by atoms with Crippen LogP contribution in [0.2, 0.25) is 5.02 Å². The zero-order valence-electron chi connectivity index (χ0n) is 8.05. The van der Waals surface area contributed by atoms with Gasteiger partial charge in [0, 0.05) is 15.1 Å². The van der Waals surface area contributed by atoms with Gasteiger partial charge in [0.15, 0.2) is 0 Å². The molecular weight excluding hydrogens is 294 g/mol. The van der Waals surface area contributed by atoms with E-state index in [9.17, 15) is 9.50 Å². The van der Waals surface area contributed by atoms with E-state index in [4.69, 9.17) is 11.6 Å². The second kappa shape index (κ2) is 4.44. The smallest absolute Gasteiger partial charge is 0.132 e. The van der Waals surface area contributed by atoms with E-state index in [1.807, 2.05) is 0 Å². The lowest BCUT2D eigenvalue weighted by molar-refractivity contribution is 0.475. The molecule has 0 spiro atoms. The summed E-state index contributed by atoms with van der Waals surface area (Å²) in [7, 11) is 0. The molecule has 0 bridgehead atoms. The van der Waals surface area contributed by atoms with Gasteiger partial charge in [-0.1, -0.05) is 27.5 Å². The highest BCUT2D eigenvalue weighted by Gasteiger charge is 2.09. The minimum Gasteiger partial charge on any atom is -0.508 e. The molecule has 2 aromatic rings. The van der Waals surface area contributed by atoms with Crippen LogP contribution in [-0.4, -0.2) is 5.11 Å². The second-order valence-electron chi connectivity index (χ2n) is 3.29. The van der Waals surface area contributed by atoms with Crippen molar-refractivity contribution >= 4 is 27.5 Å². The summed E-state index contributed by atoms with van der Waals surface area (Å²) in [5.74, 6) is -0.260. The normalized spacial score (nSPS) is 10.4. The number of benzene rings is 2. The maximum absolute atomic E-state index is 13.6. The van der Waals surface area contributed by atoms with Crippen molar-refractivity contribution in [2.75, 3.05) is 0 Å². The van der Waals surface area contributed by atoms with Gasteiger partial charge in [-0.05, 0) is 42.0 Å². The Morgan fingerprint density at radius 3 is 2.38 bits per heavy atom. The zero-order chi connectivity index (χ0) is 11.7. The van der Waals surface area contributed by atoms with Gasteiger partial charge in [-0.3, -0.25) is 0 Å². The summed E-state index contributed by atoms with van der Waals surface area (Å²) in [4.78, 5) is 0. The average molecular weight is 302 g/mol. The molecule has 82 valence electrons. The number of hydrogen-bond donors (Lipinski definition) is 1. The minimum atomic E-state index is -0.390. The Kier molecular flexibility index (Phi) is 3.17.